The number of rotatable bonds is 4. The highest BCUT2D eigenvalue weighted by atomic mass is 15.1. The van der Waals surface area contributed by atoms with Crippen LogP contribution in [0.1, 0.15) is 11.3 Å². The Hall–Kier alpha value is -1.97. The molecule has 0 spiro atoms. The summed E-state index contributed by atoms with van der Waals surface area (Å²) in [7, 11) is 6.13. The van der Waals surface area contributed by atoms with E-state index in [4.69, 9.17) is 0 Å². The van der Waals surface area contributed by atoms with Crippen LogP contribution >= 0.6 is 0 Å². The van der Waals surface area contributed by atoms with Gasteiger partial charge in [0.1, 0.15) is 0 Å². The van der Waals surface area contributed by atoms with Crippen LogP contribution in [0.5, 0.6) is 0 Å². The molecular weight excluding hydrogens is 224 g/mol. The van der Waals surface area contributed by atoms with Crippen LogP contribution in [0.25, 0.3) is 0 Å². The Balaban J connectivity index is 2.10. The summed E-state index contributed by atoms with van der Waals surface area (Å²) in [5, 5.41) is 3.42. The number of benzene rings is 1. The van der Waals surface area contributed by atoms with Gasteiger partial charge in [-0.25, -0.2) is 4.98 Å². The van der Waals surface area contributed by atoms with Gasteiger partial charge in [0, 0.05) is 38.7 Å². The van der Waals surface area contributed by atoms with Crippen molar-refractivity contribution >= 4 is 11.4 Å². The maximum absolute atomic E-state index is 4.11. The van der Waals surface area contributed by atoms with Crippen molar-refractivity contribution in [3.63, 3.8) is 0 Å². The van der Waals surface area contributed by atoms with Gasteiger partial charge in [-0.15, -0.1) is 0 Å². The second kappa shape index (κ2) is 5.12. The molecule has 0 aliphatic carbocycles. The molecule has 0 fully saturated rings. The maximum Gasteiger partial charge on any atom is 0.0946 e. The van der Waals surface area contributed by atoms with E-state index in [1.807, 2.05) is 24.1 Å². The second-order valence-electron chi connectivity index (χ2n) is 4.75. The average molecular weight is 244 g/mol. The van der Waals surface area contributed by atoms with Crippen molar-refractivity contribution < 1.29 is 0 Å². The molecule has 0 aliphatic rings. The summed E-state index contributed by atoms with van der Waals surface area (Å²) in [5.74, 6) is 0. The number of nitrogens with one attached hydrogen (secondary N) is 1. The summed E-state index contributed by atoms with van der Waals surface area (Å²) in [6.07, 6.45) is 3.70. The first kappa shape index (κ1) is 12.5. The van der Waals surface area contributed by atoms with E-state index in [1.54, 1.807) is 0 Å². The Labute approximate surface area is 108 Å². The zero-order chi connectivity index (χ0) is 13.1. The molecule has 2 rings (SSSR count). The first-order chi connectivity index (χ1) is 8.58. The number of hydrogen-bond acceptors (Lipinski definition) is 3. The molecule has 0 saturated carbocycles. The molecule has 2 aromatic rings. The zero-order valence-corrected chi connectivity index (χ0v) is 11.4. The molecule has 1 heterocycles. The molecular formula is C14H20N4. The van der Waals surface area contributed by atoms with Crippen molar-refractivity contribution in [1.29, 1.82) is 0 Å². The number of anilines is 2. The molecule has 4 heteroatoms. The van der Waals surface area contributed by atoms with Crippen molar-refractivity contribution in [2.75, 3.05) is 24.3 Å². The second-order valence-corrected chi connectivity index (χ2v) is 4.75. The van der Waals surface area contributed by atoms with Crippen molar-refractivity contribution in [1.82, 2.24) is 9.55 Å². The highest BCUT2D eigenvalue weighted by Crippen LogP contribution is 2.22. The van der Waals surface area contributed by atoms with Gasteiger partial charge in [0.05, 0.1) is 18.6 Å². The van der Waals surface area contributed by atoms with Gasteiger partial charge in [0.15, 0.2) is 0 Å². The Morgan fingerprint density at radius 3 is 2.72 bits per heavy atom. The molecule has 0 aliphatic heterocycles. The number of imidazole rings is 1. The topological polar surface area (TPSA) is 33.1 Å². The van der Waals surface area contributed by atoms with Gasteiger partial charge < -0.3 is 14.8 Å². The van der Waals surface area contributed by atoms with Crippen LogP contribution in [0, 0.1) is 6.92 Å². The minimum absolute atomic E-state index is 0.784. The van der Waals surface area contributed by atoms with Crippen LogP contribution in [0.2, 0.25) is 0 Å². The van der Waals surface area contributed by atoms with Crippen LogP contribution in [0.4, 0.5) is 11.4 Å². The largest absolute Gasteiger partial charge is 0.379 e. The lowest BCUT2D eigenvalue weighted by atomic mass is 10.1. The van der Waals surface area contributed by atoms with Gasteiger partial charge in [-0.05, 0) is 24.6 Å². The summed E-state index contributed by atoms with van der Waals surface area (Å²) in [5.41, 5.74) is 4.82. The van der Waals surface area contributed by atoms with Gasteiger partial charge in [0.25, 0.3) is 0 Å². The Morgan fingerprint density at radius 2 is 2.11 bits per heavy atom. The molecule has 0 atom stereocenters. The van der Waals surface area contributed by atoms with Crippen molar-refractivity contribution in [3.8, 4) is 0 Å². The van der Waals surface area contributed by atoms with Crippen molar-refractivity contribution in [3.05, 3.63) is 42.0 Å². The van der Waals surface area contributed by atoms with Crippen LogP contribution in [-0.2, 0) is 13.6 Å². The summed E-state index contributed by atoms with van der Waals surface area (Å²) >= 11 is 0. The minimum Gasteiger partial charge on any atom is -0.379 e. The van der Waals surface area contributed by atoms with Crippen molar-refractivity contribution in [2.45, 2.75) is 13.5 Å². The van der Waals surface area contributed by atoms with Gasteiger partial charge in [-0.1, -0.05) is 6.07 Å². The van der Waals surface area contributed by atoms with Gasteiger partial charge in [-0.3, -0.25) is 0 Å². The van der Waals surface area contributed by atoms with E-state index in [2.05, 4.69) is 54.4 Å². The van der Waals surface area contributed by atoms with E-state index < -0.39 is 0 Å². The summed E-state index contributed by atoms with van der Waals surface area (Å²) in [6.45, 7) is 2.91. The van der Waals surface area contributed by atoms with E-state index in [1.165, 1.54) is 16.9 Å². The van der Waals surface area contributed by atoms with Crippen LogP contribution < -0.4 is 10.2 Å². The van der Waals surface area contributed by atoms with E-state index in [0.29, 0.717) is 0 Å². The predicted octanol–water partition coefficient (Wildman–Crippen LogP) is 2.41. The standard InChI is InChI=1S/C14H20N4/c1-11-5-6-12(7-14(11)17(2)3)16-9-13-8-15-10-18(13)4/h5-8,10,16H,9H2,1-4H3. The van der Waals surface area contributed by atoms with Crippen LogP contribution in [0.15, 0.2) is 30.7 Å². The number of nitrogens with zero attached hydrogens (tertiary/aromatic N) is 3. The van der Waals surface area contributed by atoms with Gasteiger partial charge in [0.2, 0.25) is 0 Å². The van der Waals surface area contributed by atoms with Gasteiger partial charge in [-0.2, -0.15) is 0 Å². The van der Waals surface area contributed by atoms with Crippen LogP contribution in [-0.4, -0.2) is 23.6 Å². The smallest absolute Gasteiger partial charge is 0.0946 e. The van der Waals surface area contributed by atoms with Gasteiger partial charge >= 0.3 is 0 Å². The van der Waals surface area contributed by atoms with E-state index in [-0.39, 0.29) is 0 Å². The highest BCUT2D eigenvalue weighted by Gasteiger charge is 2.03. The normalized spacial score (nSPS) is 10.4. The average Bonchev–Trinajstić information content (AvgIpc) is 2.73. The number of aryl methyl sites for hydroxylation is 2. The molecule has 4 nitrogen and oxygen atoms in total. The predicted molar refractivity (Wildman–Crippen MR) is 76.0 cm³/mol. The molecule has 0 saturated heterocycles. The molecule has 96 valence electrons. The van der Waals surface area contributed by atoms with E-state index in [0.717, 1.165) is 12.2 Å². The lowest BCUT2D eigenvalue weighted by molar-refractivity contribution is 0.837. The molecule has 0 bridgehead atoms. The lowest BCUT2D eigenvalue weighted by Crippen LogP contribution is -2.11. The fraction of sp³-hybridized carbons (Fsp3) is 0.357. The molecule has 0 unspecified atom stereocenters. The Bertz CT molecular complexity index is 528. The lowest BCUT2D eigenvalue weighted by Gasteiger charge is -2.17. The summed E-state index contributed by atoms with van der Waals surface area (Å²) in [4.78, 5) is 6.24. The number of hydrogen-bond donors (Lipinski definition) is 1. The molecule has 1 aromatic heterocycles. The molecule has 18 heavy (non-hydrogen) atoms. The van der Waals surface area contributed by atoms with E-state index >= 15 is 0 Å². The third kappa shape index (κ3) is 2.64. The van der Waals surface area contributed by atoms with Crippen LogP contribution in [0.3, 0.4) is 0 Å². The molecule has 1 aromatic carbocycles. The zero-order valence-electron chi connectivity index (χ0n) is 11.4. The molecule has 0 amide bonds. The first-order valence-electron chi connectivity index (χ1n) is 6.05. The monoisotopic (exact) mass is 244 g/mol. The fourth-order valence-electron chi connectivity index (χ4n) is 1.95. The third-order valence-electron chi connectivity index (χ3n) is 3.08. The SMILES string of the molecule is Cc1ccc(NCc2cncn2C)cc1N(C)C. The maximum atomic E-state index is 4.11. The Morgan fingerprint density at radius 1 is 1.33 bits per heavy atom. The number of aromatic nitrogens is 2. The quantitative estimate of drug-likeness (QED) is 0.896. The third-order valence-corrected chi connectivity index (χ3v) is 3.08. The first-order valence-corrected chi connectivity index (χ1v) is 6.05. The van der Waals surface area contributed by atoms with Crippen molar-refractivity contribution in [2.24, 2.45) is 7.05 Å². The summed E-state index contributed by atoms with van der Waals surface area (Å²) < 4.78 is 2.02. The molecule has 1 N–H and O–H groups in total. The fourth-order valence-corrected chi connectivity index (χ4v) is 1.95. The Kier molecular flexibility index (Phi) is 3.55. The highest BCUT2D eigenvalue weighted by molar-refractivity contribution is 5.61. The molecule has 0 radical (unpaired) electrons. The summed E-state index contributed by atoms with van der Waals surface area (Å²) in [6, 6.07) is 6.42. The van der Waals surface area contributed by atoms with E-state index in [9.17, 15) is 0 Å². The minimum atomic E-state index is 0.784.